The minimum absolute atomic E-state index is 0.0120. The van der Waals surface area contributed by atoms with Gasteiger partial charge in [-0.2, -0.15) is 13.2 Å². The van der Waals surface area contributed by atoms with Crippen molar-refractivity contribution in [3.63, 3.8) is 0 Å². The summed E-state index contributed by atoms with van der Waals surface area (Å²) >= 11 is 5.58. The Labute approximate surface area is 155 Å². The number of amides is 1. The molecule has 0 bridgehead atoms. The van der Waals surface area contributed by atoms with Crippen LogP contribution in [0.25, 0.3) is 5.69 Å². The summed E-state index contributed by atoms with van der Waals surface area (Å²) in [5.41, 5.74) is -0.408. The smallest absolute Gasteiger partial charge is 0.410 e. The van der Waals surface area contributed by atoms with Gasteiger partial charge in [0, 0.05) is 12.7 Å². The number of rotatable bonds is 3. The number of halogens is 4. The van der Waals surface area contributed by atoms with Crippen molar-refractivity contribution in [3.8, 4) is 11.4 Å². The van der Waals surface area contributed by atoms with Crippen LogP contribution < -0.4 is 9.64 Å². The first kappa shape index (κ1) is 18.6. The number of alkyl halides is 3. The molecule has 1 heterocycles. The maximum atomic E-state index is 13.0. The summed E-state index contributed by atoms with van der Waals surface area (Å²) < 4.78 is 45.5. The Morgan fingerprint density at radius 1 is 1.19 bits per heavy atom. The van der Waals surface area contributed by atoms with E-state index in [1.165, 1.54) is 36.3 Å². The molecule has 0 radical (unpaired) electrons. The number of tetrazole rings is 1. The Morgan fingerprint density at radius 2 is 1.89 bits per heavy atom. The molecule has 3 rings (SSSR count). The van der Waals surface area contributed by atoms with Gasteiger partial charge in [0.1, 0.15) is 12.1 Å². The highest BCUT2D eigenvalue weighted by Crippen LogP contribution is 2.36. The van der Waals surface area contributed by atoms with Crippen molar-refractivity contribution >= 4 is 23.4 Å². The van der Waals surface area contributed by atoms with Crippen LogP contribution in [0.5, 0.6) is 5.75 Å². The van der Waals surface area contributed by atoms with Gasteiger partial charge >= 0.3 is 12.3 Å². The number of carbonyl (C=O) groups is 1. The van der Waals surface area contributed by atoms with Crippen LogP contribution in [0.15, 0.2) is 48.8 Å². The highest BCUT2D eigenvalue weighted by molar-refractivity contribution is 6.31. The molecule has 0 saturated carbocycles. The Balaban J connectivity index is 1.74. The molecular weight excluding hydrogens is 387 g/mol. The first-order valence-electron chi connectivity index (χ1n) is 7.41. The Hall–Kier alpha value is -3.14. The monoisotopic (exact) mass is 397 g/mol. The maximum absolute atomic E-state index is 13.0. The SMILES string of the molecule is CN(C(=O)Oc1ccc(-n2cnnn2)cc1)c1ccc(Cl)c(C(F)(F)F)c1. The zero-order valence-corrected chi connectivity index (χ0v) is 14.4. The molecule has 11 heteroatoms. The first-order valence-corrected chi connectivity index (χ1v) is 7.79. The zero-order valence-electron chi connectivity index (χ0n) is 13.7. The molecule has 27 heavy (non-hydrogen) atoms. The normalized spacial score (nSPS) is 11.3. The van der Waals surface area contributed by atoms with Gasteiger partial charge in [0.05, 0.1) is 16.3 Å². The van der Waals surface area contributed by atoms with Gasteiger partial charge in [0.2, 0.25) is 0 Å². The quantitative estimate of drug-likeness (QED) is 0.668. The van der Waals surface area contributed by atoms with E-state index in [1.54, 1.807) is 12.1 Å². The summed E-state index contributed by atoms with van der Waals surface area (Å²) in [6, 6.07) is 9.39. The van der Waals surface area contributed by atoms with Crippen LogP contribution in [0.3, 0.4) is 0 Å². The average molecular weight is 398 g/mol. The van der Waals surface area contributed by atoms with Crippen LogP contribution in [-0.2, 0) is 6.18 Å². The van der Waals surface area contributed by atoms with E-state index in [4.69, 9.17) is 16.3 Å². The van der Waals surface area contributed by atoms with E-state index in [2.05, 4.69) is 15.5 Å². The Morgan fingerprint density at radius 3 is 2.48 bits per heavy atom. The minimum Gasteiger partial charge on any atom is -0.410 e. The van der Waals surface area contributed by atoms with Crippen molar-refractivity contribution in [2.75, 3.05) is 11.9 Å². The number of anilines is 1. The average Bonchev–Trinajstić information content (AvgIpc) is 3.16. The molecule has 0 aliphatic carbocycles. The number of hydrogen-bond acceptors (Lipinski definition) is 5. The van der Waals surface area contributed by atoms with Crippen LogP contribution in [0, 0.1) is 0 Å². The second-order valence-corrected chi connectivity index (χ2v) is 5.74. The lowest BCUT2D eigenvalue weighted by Gasteiger charge is -2.19. The second kappa shape index (κ2) is 7.23. The number of hydrogen-bond donors (Lipinski definition) is 0. The van der Waals surface area contributed by atoms with Gasteiger partial charge in [-0.15, -0.1) is 5.10 Å². The molecular formula is C16H11ClF3N5O2. The van der Waals surface area contributed by atoms with Crippen LogP contribution in [0.4, 0.5) is 23.7 Å². The van der Waals surface area contributed by atoms with E-state index in [-0.39, 0.29) is 11.4 Å². The molecule has 0 aliphatic rings. The lowest BCUT2D eigenvalue weighted by atomic mass is 10.2. The summed E-state index contributed by atoms with van der Waals surface area (Å²) in [7, 11) is 1.29. The molecule has 3 aromatic rings. The van der Waals surface area contributed by atoms with Crippen molar-refractivity contribution in [1.82, 2.24) is 20.2 Å². The molecule has 2 aromatic carbocycles. The third kappa shape index (κ3) is 4.17. The third-order valence-electron chi connectivity index (χ3n) is 3.57. The van der Waals surface area contributed by atoms with E-state index in [0.717, 1.165) is 17.0 Å². The van der Waals surface area contributed by atoms with Crippen molar-refractivity contribution in [1.29, 1.82) is 0 Å². The highest BCUT2D eigenvalue weighted by atomic mass is 35.5. The van der Waals surface area contributed by atoms with Crippen molar-refractivity contribution in [3.05, 3.63) is 59.4 Å². The molecule has 0 N–H and O–H groups in total. The van der Waals surface area contributed by atoms with E-state index < -0.39 is 22.9 Å². The van der Waals surface area contributed by atoms with Gasteiger partial charge in [-0.3, -0.25) is 4.90 Å². The summed E-state index contributed by atoms with van der Waals surface area (Å²) in [5.74, 6) is 0.202. The Bertz CT molecular complexity index is 946. The molecule has 0 atom stereocenters. The molecule has 0 saturated heterocycles. The van der Waals surface area contributed by atoms with E-state index in [9.17, 15) is 18.0 Å². The third-order valence-corrected chi connectivity index (χ3v) is 3.90. The predicted octanol–water partition coefficient (Wildman–Crippen LogP) is 3.97. The molecule has 140 valence electrons. The van der Waals surface area contributed by atoms with Crippen molar-refractivity contribution in [2.24, 2.45) is 0 Å². The van der Waals surface area contributed by atoms with Crippen LogP contribution in [0.2, 0.25) is 5.02 Å². The second-order valence-electron chi connectivity index (χ2n) is 5.34. The van der Waals surface area contributed by atoms with Gasteiger partial charge in [-0.25, -0.2) is 9.48 Å². The summed E-state index contributed by atoms with van der Waals surface area (Å²) in [6.45, 7) is 0. The number of nitrogens with zero attached hydrogens (tertiary/aromatic N) is 5. The zero-order chi connectivity index (χ0) is 19.6. The minimum atomic E-state index is -4.64. The van der Waals surface area contributed by atoms with Gasteiger partial charge in [-0.1, -0.05) is 11.6 Å². The largest absolute Gasteiger partial charge is 0.419 e. The predicted molar refractivity (Wildman–Crippen MR) is 90.0 cm³/mol. The topological polar surface area (TPSA) is 73.1 Å². The van der Waals surface area contributed by atoms with Gasteiger partial charge in [-0.05, 0) is 52.9 Å². The maximum Gasteiger partial charge on any atom is 0.419 e. The molecule has 0 spiro atoms. The highest BCUT2D eigenvalue weighted by Gasteiger charge is 2.34. The Kier molecular flexibility index (Phi) is 5.00. The van der Waals surface area contributed by atoms with Gasteiger partial charge < -0.3 is 4.74 Å². The van der Waals surface area contributed by atoms with Gasteiger partial charge in [0.25, 0.3) is 0 Å². The van der Waals surface area contributed by atoms with E-state index in [1.807, 2.05) is 0 Å². The van der Waals surface area contributed by atoms with Crippen molar-refractivity contribution < 1.29 is 22.7 Å². The standard InChI is InChI=1S/C16H11ClF3N5O2/c1-24(11-4-7-14(17)13(8-11)16(18,19)20)15(26)27-12-5-2-10(3-6-12)25-9-21-22-23-25/h2-9H,1H3. The van der Waals surface area contributed by atoms with Crippen molar-refractivity contribution in [2.45, 2.75) is 6.18 Å². The van der Waals surface area contributed by atoms with Crippen LogP contribution >= 0.6 is 11.6 Å². The number of benzene rings is 2. The lowest BCUT2D eigenvalue weighted by Crippen LogP contribution is -2.29. The van der Waals surface area contributed by atoms with Gasteiger partial charge in [0.15, 0.2) is 0 Å². The summed E-state index contributed by atoms with van der Waals surface area (Å²) in [6.07, 6.45) is -4.10. The van der Waals surface area contributed by atoms with Crippen LogP contribution in [0.1, 0.15) is 5.56 Å². The number of ether oxygens (including phenoxy) is 1. The first-order chi connectivity index (χ1) is 12.8. The van der Waals surface area contributed by atoms with E-state index in [0.29, 0.717) is 5.69 Å². The van der Waals surface area contributed by atoms with E-state index >= 15 is 0 Å². The number of carbonyl (C=O) groups excluding carboxylic acids is 1. The molecule has 0 aliphatic heterocycles. The summed E-state index contributed by atoms with van der Waals surface area (Å²) in [5, 5.41) is 10.3. The fraction of sp³-hybridized carbons (Fsp3) is 0.125. The summed E-state index contributed by atoms with van der Waals surface area (Å²) in [4.78, 5) is 13.2. The number of aromatic nitrogens is 4. The molecule has 7 nitrogen and oxygen atoms in total. The van der Waals surface area contributed by atoms with Crippen LogP contribution in [-0.4, -0.2) is 33.3 Å². The fourth-order valence-corrected chi connectivity index (χ4v) is 2.39. The fourth-order valence-electron chi connectivity index (χ4n) is 2.16. The molecule has 1 amide bonds. The molecule has 0 unspecified atom stereocenters. The lowest BCUT2D eigenvalue weighted by molar-refractivity contribution is -0.137. The molecule has 0 fully saturated rings. The molecule has 1 aromatic heterocycles.